The van der Waals surface area contributed by atoms with Crippen LogP contribution in [0.1, 0.15) is 28.8 Å². The molecule has 0 bridgehead atoms. The Morgan fingerprint density at radius 3 is 2.52 bits per heavy atom. The van der Waals surface area contributed by atoms with Crippen molar-refractivity contribution in [3.05, 3.63) is 21.6 Å². The van der Waals surface area contributed by atoms with Crippen molar-refractivity contribution in [1.82, 2.24) is 19.6 Å². The highest BCUT2D eigenvalue weighted by molar-refractivity contribution is 9.10. The van der Waals surface area contributed by atoms with Gasteiger partial charge in [-0.1, -0.05) is 0 Å². The number of hydrogen-bond acceptors (Lipinski definition) is 4. The number of rotatable bonds is 4. The first-order valence-electron chi connectivity index (χ1n) is 6.52. The molecule has 0 aromatic carbocycles. The topological polar surface area (TPSA) is 74.0 Å². The van der Waals surface area contributed by atoms with Crippen LogP contribution < -0.4 is 10.1 Å². The van der Waals surface area contributed by atoms with E-state index in [0.717, 1.165) is 23.6 Å². The van der Waals surface area contributed by atoms with Gasteiger partial charge < -0.3 is 10.1 Å². The maximum absolute atomic E-state index is 12.4. The van der Waals surface area contributed by atoms with Crippen molar-refractivity contribution in [3.8, 4) is 5.88 Å². The normalized spacial score (nSPS) is 10.8. The van der Waals surface area contributed by atoms with E-state index >= 15 is 0 Å². The molecule has 0 spiro atoms. The largest absolute Gasteiger partial charge is 0.480 e. The molecule has 0 atom stereocenters. The number of nitrogens with one attached hydrogen (secondary N) is 1. The van der Waals surface area contributed by atoms with Crippen LogP contribution in [0.15, 0.2) is 4.47 Å². The molecule has 0 aliphatic carbocycles. The molecule has 8 heteroatoms. The number of carbonyl (C=O) groups is 1. The quantitative estimate of drug-likeness (QED) is 0.912. The Morgan fingerprint density at radius 2 is 2.05 bits per heavy atom. The molecular formula is C13H18BrN5O2. The van der Waals surface area contributed by atoms with Crippen LogP contribution in [0.3, 0.4) is 0 Å². The van der Waals surface area contributed by atoms with Gasteiger partial charge in [-0.25, -0.2) is 4.68 Å². The Bertz CT molecular complexity index is 689. The van der Waals surface area contributed by atoms with E-state index in [9.17, 15) is 4.79 Å². The third kappa shape index (κ3) is 2.67. The fourth-order valence-electron chi connectivity index (χ4n) is 2.21. The average Bonchev–Trinajstić information content (AvgIpc) is 2.88. The standard InChI is InChI=1S/C13H18BrN5O2/c1-6-19-8(3)10(7(2)16-19)15-12(20)11-9(14)13(21-5)18(4)17-11/h6H2,1-5H3,(H,15,20). The fraction of sp³-hybridized carbons (Fsp3) is 0.462. The molecule has 0 fully saturated rings. The number of aryl methyl sites for hydroxylation is 3. The van der Waals surface area contributed by atoms with Crippen molar-refractivity contribution in [2.24, 2.45) is 7.05 Å². The third-order valence-electron chi connectivity index (χ3n) is 3.27. The van der Waals surface area contributed by atoms with Gasteiger partial charge in [-0.15, -0.1) is 0 Å². The van der Waals surface area contributed by atoms with Crippen molar-refractivity contribution >= 4 is 27.5 Å². The van der Waals surface area contributed by atoms with Gasteiger partial charge in [-0.2, -0.15) is 10.2 Å². The van der Waals surface area contributed by atoms with Crippen molar-refractivity contribution in [2.45, 2.75) is 27.3 Å². The second-order valence-electron chi connectivity index (χ2n) is 4.61. The molecule has 0 radical (unpaired) electrons. The number of ether oxygens (including phenoxy) is 1. The Labute approximate surface area is 131 Å². The second kappa shape index (κ2) is 5.88. The van der Waals surface area contributed by atoms with Crippen molar-refractivity contribution < 1.29 is 9.53 Å². The lowest BCUT2D eigenvalue weighted by molar-refractivity contribution is 0.102. The minimum Gasteiger partial charge on any atom is -0.480 e. The van der Waals surface area contributed by atoms with Gasteiger partial charge in [0, 0.05) is 13.6 Å². The van der Waals surface area contributed by atoms with Gasteiger partial charge in [0.2, 0.25) is 5.88 Å². The van der Waals surface area contributed by atoms with E-state index < -0.39 is 0 Å². The fourth-order valence-corrected chi connectivity index (χ4v) is 2.89. The predicted molar refractivity (Wildman–Crippen MR) is 82.8 cm³/mol. The summed E-state index contributed by atoms with van der Waals surface area (Å²) in [7, 11) is 3.25. The van der Waals surface area contributed by atoms with Crippen molar-refractivity contribution in [2.75, 3.05) is 12.4 Å². The maximum atomic E-state index is 12.4. The Balaban J connectivity index is 2.33. The van der Waals surface area contributed by atoms with Gasteiger partial charge >= 0.3 is 0 Å². The van der Waals surface area contributed by atoms with Crippen LogP contribution in [0.2, 0.25) is 0 Å². The lowest BCUT2D eigenvalue weighted by Crippen LogP contribution is -2.15. The Morgan fingerprint density at radius 1 is 1.38 bits per heavy atom. The lowest BCUT2D eigenvalue weighted by atomic mass is 10.3. The first-order valence-corrected chi connectivity index (χ1v) is 7.31. The van der Waals surface area contributed by atoms with Crippen LogP contribution in [0.5, 0.6) is 5.88 Å². The summed E-state index contributed by atoms with van der Waals surface area (Å²) in [6.45, 7) is 6.55. The van der Waals surface area contributed by atoms with Gasteiger partial charge in [-0.3, -0.25) is 9.48 Å². The molecular weight excluding hydrogens is 338 g/mol. The molecule has 0 aliphatic rings. The smallest absolute Gasteiger partial charge is 0.277 e. The number of anilines is 1. The molecule has 7 nitrogen and oxygen atoms in total. The first kappa shape index (κ1) is 15.6. The van der Waals surface area contributed by atoms with Crippen molar-refractivity contribution in [1.29, 1.82) is 0 Å². The summed E-state index contributed by atoms with van der Waals surface area (Å²) >= 11 is 3.34. The summed E-state index contributed by atoms with van der Waals surface area (Å²) in [5, 5.41) is 11.4. The van der Waals surface area contributed by atoms with Gasteiger partial charge in [0.1, 0.15) is 4.47 Å². The number of amides is 1. The molecule has 1 amide bonds. The monoisotopic (exact) mass is 355 g/mol. The molecule has 114 valence electrons. The minimum atomic E-state index is -0.303. The SMILES string of the molecule is CCn1nc(C)c(NC(=O)c2nn(C)c(OC)c2Br)c1C. The lowest BCUT2D eigenvalue weighted by Gasteiger charge is -2.04. The number of methoxy groups -OCH3 is 1. The molecule has 0 saturated carbocycles. The van der Waals surface area contributed by atoms with E-state index in [1.807, 2.05) is 25.5 Å². The molecule has 1 N–H and O–H groups in total. The molecule has 0 aliphatic heterocycles. The summed E-state index contributed by atoms with van der Waals surface area (Å²) in [5.41, 5.74) is 2.69. The summed E-state index contributed by atoms with van der Waals surface area (Å²) in [5.74, 6) is 0.195. The zero-order chi connectivity index (χ0) is 15.7. The van der Waals surface area contributed by atoms with Crippen LogP contribution in [0.4, 0.5) is 5.69 Å². The van der Waals surface area contributed by atoms with E-state index in [1.165, 1.54) is 11.8 Å². The average molecular weight is 356 g/mol. The number of carbonyl (C=O) groups excluding carboxylic acids is 1. The molecule has 2 heterocycles. The number of halogens is 1. The van der Waals surface area contributed by atoms with E-state index in [0.29, 0.717) is 10.4 Å². The third-order valence-corrected chi connectivity index (χ3v) is 3.98. The highest BCUT2D eigenvalue weighted by Gasteiger charge is 2.22. The van der Waals surface area contributed by atoms with Gasteiger partial charge in [-0.05, 0) is 36.7 Å². The highest BCUT2D eigenvalue weighted by Crippen LogP contribution is 2.29. The van der Waals surface area contributed by atoms with Gasteiger partial charge in [0.15, 0.2) is 5.69 Å². The number of hydrogen-bond donors (Lipinski definition) is 1. The minimum absolute atomic E-state index is 0.275. The number of aromatic nitrogens is 4. The summed E-state index contributed by atoms with van der Waals surface area (Å²) in [6, 6.07) is 0. The maximum Gasteiger partial charge on any atom is 0.277 e. The zero-order valence-electron chi connectivity index (χ0n) is 12.7. The van der Waals surface area contributed by atoms with Crippen LogP contribution in [0.25, 0.3) is 0 Å². The van der Waals surface area contributed by atoms with Crippen LogP contribution in [-0.4, -0.2) is 32.6 Å². The molecule has 2 aromatic rings. The van der Waals surface area contributed by atoms with Crippen molar-refractivity contribution in [3.63, 3.8) is 0 Å². The van der Waals surface area contributed by atoms with Gasteiger partial charge in [0.05, 0.1) is 24.2 Å². The Kier molecular flexibility index (Phi) is 4.36. The summed E-state index contributed by atoms with van der Waals surface area (Å²) < 4.78 is 9.07. The molecule has 2 rings (SSSR count). The highest BCUT2D eigenvalue weighted by atomic mass is 79.9. The molecule has 0 saturated heterocycles. The Hall–Kier alpha value is -1.83. The van der Waals surface area contributed by atoms with E-state index in [1.54, 1.807) is 7.05 Å². The number of nitrogens with zero attached hydrogens (tertiary/aromatic N) is 4. The van der Waals surface area contributed by atoms with Crippen LogP contribution in [-0.2, 0) is 13.6 Å². The summed E-state index contributed by atoms with van der Waals surface area (Å²) in [6.07, 6.45) is 0. The first-order chi connectivity index (χ1) is 9.90. The molecule has 2 aromatic heterocycles. The summed E-state index contributed by atoms with van der Waals surface area (Å²) in [4.78, 5) is 12.4. The predicted octanol–water partition coefficient (Wildman–Crippen LogP) is 2.28. The van der Waals surface area contributed by atoms with Crippen LogP contribution >= 0.6 is 15.9 Å². The van der Waals surface area contributed by atoms with E-state index in [2.05, 4.69) is 31.4 Å². The molecule has 0 unspecified atom stereocenters. The van der Waals surface area contributed by atoms with E-state index in [4.69, 9.17) is 4.74 Å². The zero-order valence-corrected chi connectivity index (χ0v) is 14.3. The second-order valence-corrected chi connectivity index (χ2v) is 5.40. The molecule has 21 heavy (non-hydrogen) atoms. The van der Waals surface area contributed by atoms with Crippen LogP contribution in [0, 0.1) is 13.8 Å². The van der Waals surface area contributed by atoms with E-state index in [-0.39, 0.29) is 11.6 Å². The van der Waals surface area contributed by atoms with Gasteiger partial charge in [0.25, 0.3) is 5.91 Å².